The predicted molar refractivity (Wildman–Crippen MR) is 74.5 cm³/mol. The molecule has 1 aromatic heterocycles. The quantitative estimate of drug-likeness (QED) is 0.945. The Morgan fingerprint density at radius 1 is 1.56 bits per heavy atom. The zero-order chi connectivity index (χ0) is 12.7. The summed E-state index contributed by atoms with van der Waals surface area (Å²) in [7, 11) is 1.68. The lowest BCUT2D eigenvalue weighted by Crippen LogP contribution is -2.18. The minimum absolute atomic E-state index is 0.128. The highest BCUT2D eigenvalue weighted by molar-refractivity contribution is 9.10. The zero-order valence-electron chi connectivity index (χ0n) is 10.3. The van der Waals surface area contributed by atoms with E-state index in [0.717, 1.165) is 15.8 Å². The number of halogens is 1. The van der Waals surface area contributed by atoms with Crippen molar-refractivity contribution in [2.45, 2.75) is 25.0 Å². The lowest BCUT2D eigenvalue weighted by Gasteiger charge is -2.15. The molecule has 1 fully saturated rings. The van der Waals surface area contributed by atoms with Crippen LogP contribution >= 0.6 is 15.9 Å². The van der Waals surface area contributed by atoms with Crippen LogP contribution in [0.25, 0.3) is 11.0 Å². The van der Waals surface area contributed by atoms with Crippen molar-refractivity contribution < 1.29 is 4.74 Å². The molecule has 2 N–H and O–H groups in total. The predicted octanol–water partition coefficient (Wildman–Crippen LogP) is 2.78. The third-order valence-electron chi connectivity index (χ3n) is 3.38. The number of hydrogen-bond donors (Lipinski definition) is 1. The average molecular weight is 310 g/mol. The molecular formula is C13H16BrN3O. The van der Waals surface area contributed by atoms with Gasteiger partial charge in [-0.2, -0.15) is 0 Å². The van der Waals surface area contributed by atoms with Crippen molar-refractivity contribution in [1.29, 1.82) is 0 Å². The Labute approximate surface area is 114 Å². The van der Waals surface area contributed by atoms with E-state index in [9.17, 15) is 0 Å². The number of fused-ring (bicyclic) bond motifs is 1. The van der Waals surface area contributed by atoms with Gasteiger partial charge in [0.25, 0.3) is 0 Å². The van der Waals surface area contributed by atoms with Gasteiger partial charge < -0.3 is 15.0 Å². The molecule has 1 unspecified atom stereocenters. The van der Waals surface area contributed by atoms with Crippen LogP contribution in [0.3, 0.4) is 0 Å². The lowest BCUT2D eigenvalue weighted by atomic mass is 10.3. The lowest BCUT2D eigenvalue weighted by molar-refractivity contribution is 0.100. The van der Waals surface area contributed by atoms with Gasteiger partial charge in [-0.1, -0.05) is 15.9 Å². The van der Waals surface area contributed by atoms with Crippen LogP contribution < -0.4 is 5.73 Å². The van der Waals surface area contributed by atoms with Gasteiger partial charge in [0.15, 0.2) is 0 Å². The smallest absolute Gasteiger partial charge is 0.140 e. The van der Waals surface area contributed by atoms with Crippen molar-refractivity contribution in [3.8, 4) is 0 Å². The number of nitrogens with zero attached hydrogens (tertiary/aromatic N) is 2. The first-order valence-electron chi connectivity index (χ1n) is 6.15. The maximum absolute atomic E-state index is 5.77. The van der Waals surface area contributed by atoms with Gasteiger partial charge in [-0.05, 0) is 31.0 Å². The Hall–Kier alpha value is -0.910. The second-order valence-electron chi connectivity index (χ2n) is 4.66. The molecule has 0 saturated heterocycles. The van der Waals surface area contributed by atoms with E-state index in [-0.39, 0.29) is 6.10 Å². The number of ether oxygens (including phenoxy) is 1. The minimum atomic E-state index is -0.128. The van der Waals surface area contributed by atoms with Crippen LogP contribution in [-0.4, -0.2) is 23.2 Å². The van der Waals surface area contributed by atoms with Gasteiger partial charge in [0.1, 0.15) is 11.9 Å². The fourth-order valence-corrected chi connectivity index (χ4v) is 2.69. The van der Waals surface area contributed by atoms with Crippen LogP contribution in [-0.2, 0) is 4.74 Å². The summed E-state index contributed by atoms with van der Waals surface area (Å²) < 4.78 is 8.78. The standard InChI is InChI=1S/C13H16BrN3O/c1-18-12(7-15)13-16-10-6-8(14)2-5-11(10)17(13)9-3-4-9/h2,5-6,9,12H,3-4,7,15H2,1H3. The number of imidazole rings is 1. The minimum Gasteiger partial charge on any atom is -0.372 e. The van der Waals surface area contributed by atoms with Gasteiger partial charge in [-0.25, -0.2) is 4.98 Å². The summed E-state index contributed by atoms with van der Waals surface area (Å²) in [5.41, 5.74) is 7.94. The molecule has 2 aromatic rings. The Bertz CT molecular complexity index is 573. The normalized spacial score (nSPS) is 17.3. The van der Waals surface area contributed by atoms with Gasteiger partial charge in [0.2, 0.25) is 0 Å². The summed E-state index contributed by atoms with van der Waals surface area (Å²) in [5.74, 6) is 0.954. The first kappa shape index (κ1) is 12.1. The molecular weight excluding hydrogens is 294 g/mol. The SMILES string of the molecule is COC(CN)c1nc2cc(Br)ccc2n1C1CC1. The molecule has 96 valence electrons. The second-order valence-corrected chi connectivity index (χ2v) is 5.58. The molecule has 0 bridgehead atoms. The van der Waals surface area contributed by atoms with E-state index in [4.69, 9.17) is 15.5 Å². The summed E-state index contributed by atoms with van der Waals surface area (Å²) in [6.07, 6.45) is 2.31. The first-order valence-corrected chi connectivity index (χ1v) is 6.94. The highest BCUT2D eigenvalue weighted by atomic mass is 79.9. The molecule has 1 atom stereocenters. The van der Waals surface area contributed by atoms with Gasteiger partial charge in [-0.15, -0.1) is 0 Å². The van der Waals surface area contributed by atoms with Crippen molar-refractivity contribution in [3.05, 3.63) is 28.5 Å². The van der Waals surface area contributed by atoms with Crippen molar-refractivity contribution in [2.24, 2.45) is 5.73 Å². The van der Waals surface area contributed by atoms with Gasteiger partial charge >= 0.3 is 0 Å². The maximum atomic E-state index is 5.77. The summed E-state index contributed by atoms with van der Waals surface area (Å²) in [4.78, 5) is 4.70. The van der Waals surface area contributed by atoms with E-state index >= 15 is 0 Å². The van der Waals surface area contributed by atoms with E-state index in [1.807, 2.05) is 6.07 Å². The molecule has 0 spiro atoms. The molecule has 4 nitrogen and oxygen atoms in total. The molecule has 0 amide bonds. The number of aromatic nitrogens is 2. The summed E-state index contributed by atoms with van der Waals surface area (Å²) in [6, 6.07) is 6.77. The summed E-state index contributed by atoms with van der Waals surface area (Å²) in [6.45, 7) is 0.452. The molecule has 18 heavy (non-hydrogen) atoms. The first-order chi connectivity index (χ1) is 8.74. The molecule has 0 aliphatic heterocycles. The van der Waals surface area contributed by atoms with Crippen molar-refractivity contribution in [2.75, 3.05) is 13.7 Å². The Morgan fingerprint density at radius 3 is 2.94 bits per heavy atom. The largest absolute Gasteiger partial charge is 0.372 e. The number of hydrogen-bond acceptors (Lipinski definition) is 3. The average Bonchev–Trinajstić information content (AvgIpc) is 3.13. The zero-order valence-corrected chi connectivity index (χ0v) is 11.9. The molecule has 1 heterocycles. The van der Waals surface area contributed by atoms with Crippen LogP contribution in [0.4, 0.5) is 0 Å². The van der Waals surface area contributed by atoms with E-state index in [1.54, 1.807) is 7.11 Å². The number of rotatable bonds is 4. The molecule has 5 heteroatoms. The molecule has 1 aliphatic carbocycles. The Kier molecular flexibility index (Phi) is 3.13. The molecule has 3 rings (SSSR count). The van der Waals surface area contributed by atoms with Crippen LogP contribution in [0, 0.1) is 0 Å². The molecule has 1 saturated carbocycles. The number of nitrogens with two attached hydrogens (primary N) is 1. The monoisotopic (exact) mass is 309 g/mol. The van der Waals surface area contributed by atoms with Crippen molar-refractivity contribution >= 4 is 27.0 Å². The number of methoxy groups -OCH3 is 1. The summed E-state index contributed by atoms with van der Waals surface area (Å²) in [5, 5.41) is 0. The van der Waals surface area contributed by atoms with E-state index in [2.05, 4.69) is 32.6 Å². The van der Waals surface area contributed by atoms with Crippen molar-refractivity contribution in [3.63, 3.8) is 0 Å². The number of benzene rings is 1. The van der Waals surface area contributed by atoms with Gasteiger partial charge in [0.05, 0.1) is 11.0 Å². The fourth-order valence-electron chi connectivity index (χ4n) is 2.34. The van der Waals surface area contributed by atoms with E-state index < -0.39 is 0 Å². The Morgan fingerprint density at radius 2 is 2.33 bits per heavy atom. The van der Waals surface area contributed by atoms with E-state index in [1.165, 1.54) is 18.4 Å². The summed E-state index contributed by atoms with van der Waals surface area (Å²) >= 11 is 3.48. The van der Waals surface area contributed by atoms with Crippen LogP contribution in [0.5, 0.6) is 0 Å². The second kappa shape index (κ2) is 4.64. The van der Waals surface area contributed by atoms with E-state index in [0.29, 0.717) is 12.6 Å². The fraction of sp³-hybridized carbons (Fsp3) is 0.462. The third-order valence-corrected chi connectivity index (χ3v) is 3.87. The van der Waals surface area contributed by atoms with Gasteiger partial charge in [0, 0.05) is 24.2 Å². The third kappa shape index (κ3) is 1.96. The highest BCUT2D eigenvalue weighted by Gasteiger charge is 2.30. The van der Waals surface area contributed by atoms with Crippen LogP contribution in [0.1, 0.15) is 30.8 Å². The van der Waals surface area contributed by atoms with Crippen LogP contribution in [0.2, 0.25) is 0 Å². The molecule has 1 aromatic carbocycles. The van der Waals surface area contributed by atoms with Gasteiger partial charge in [-0.3, -0.25) is 0 Å². The van der Waals surface area contributed by atoms with Crippen molar-refractivity contribution in [1.82, 2.24) is 9.55 Å². The maximum Gasteiger partial charge on any atom is 0.140 e. The molecule has 0 radical (unpaired) electrons. The topological polar surface area (TPSA) is 53.1 Å². The van der Waals surface area contributed by atoms with Crippen LogP contribution in [0.15, 0.2) is 22.7 Å². The Balaban J connectivity index is 2.19. The molecule has 1 aliphatic rings. The highest BCUT2D eigenvalue weighted by Crippen LogP contribution is 2.40.